The van der Waals surface area contributed by atoms with Crippen molar-refractivity contribution in [1.29, 1.82) is 0 Å². The molecule has 0 saturated heterocycles. The summed E-state index contributed by atoms with van der Waals surface area (Å²) in [5.41, 5.74) is 1.02. The van der Waals surface area contributed by atoms with Gasteiger partial charge in [0.1, 0.15) is 6.04 Å². The first kappa shape index (κ1) is 11.6. The molecule has 1 N–H and O–H groups in total. The summed E-state index contributed by atoms with van der Waals surface area (Å²) < 4.78 is 4.85. The number of rotatable bonds is 4. The van der Waals surface area contributed by atoms with Crippen molar-refractivity contribution in [2.24, 2.45) is 0 Å². The van der Waals surface area contributed by atoms with E-state index in [-0.39, 0.29) is 12.0 Å². The Hall–Kier alpha value is -0.870. The zero-order valence-corrected chi connectivity index (χ0v) is 10.3. The van der Waals surface area contributed by atoms with Crippen molar-refractivity contribution in [1.82, 2.24) is 5.32 Å². The maximum atomic E-state index is 11.7. The Labute approximate surface area is 99.8 Å². The third-order valence-electron chi connectivity index (χ3n) is 3.07. The predicted molar refractivity (Wildman–Crippen MR) is 64.5 cm³/mol. The van der Waals surface area contributed by atoms with Crippen LogP contribution in [0.15, 0.2) is 16.8 Å². The smallest absolute Gasteiger partial charge is 0.327 e. The second-order valence-corrected chi connectivity index (χ2v) is 4.94. The maximum Gasteiger partial charge on any atom is 0.327 e. The number of hydrogen-bond donors (Lipinski definition) is 1. The molecule has 0 aliphatic heterocycles. The lowest BCUT2D eigenvalue weighted by molar-refractivity contribution is -0.143. The standard InChI is InChI=1S/C12H17NO2S/c1-15-12(14)11(9-6-7-16-8-9)13-10-4-2-3-5-10/h6-8,10-11,13H,2-5H2,1H3. The molecular weight excluding hydrogens is 222 g/mol. The summed E-state index contributed by atoms with van der Waals surface area (Å²) in [7, 11) is 1.44. The number of thiophene rings is 1. The number of carbonyl (C=O) groups is 1. The molecule has 0 radical (unpaired) electrons. The van der Waals surface area contributed by atoms with E-state index in [9.17, 15) is 4.79 Å². The molecule has 2 rings (SSSR count). The lowest BCUT2D eigenvalue weighted by Gasteiger charge is -2.20. The van der Waals surface area contributed by atoms with Gasteiger partial charge in [-0.25, -0.2) is 4.79 Å². The third kappa shape index (κ3) is 2.62. The van der Waals surface area contributed by atoms with Gasteiger partial charge in [-0.15, -0.1) is 0 Å². The van der Waals surface area contributed by atoms with E-state index in [4.69, 9.17) is 4.74 Å². The highest BCUT2D eigenvalue weighted by Gasteiger charge is 2.26. The van der Waals surface area contributed by atoms with Crippen LogP contribution in [0.3, 0.4) is 0 Å². The molecule has 88 valence electrons. The van der Waals surface area contributed by atoms with Crippen molar-refractivity contribution in [2.75, 3.05) is 7.11 Å². The molecule has 1 aromatic heterocycles. The van der Waals surface area contributed by atoms with Crippen molar-refractivity contribution in [3.8, 4) is 0 Å². The number of hydrogen-bond acceptors (Lipinski definition) is 4. The van der Waals surface area contributed by atoms with Gasteiger partial charge >= 0.3 is 5.97 Å². The summed E-state index contributed by atoms with van der Waals surface area (Å²) in [6.07, 6.45) is 4.85. The van der Waals surface area contributed by atoms with Crippen molar-refractivity contribution in [2.45, 2.75) is 37.8 Å². The lowest BCUT2D eigenvalue weighted by Crippen LogP contribution is -2.35. The number of ether oxygens (including phenoxy) is 1. The molecular formula is C12H17NO2S. The van der Waals surface area contributed by atoms with Crippen LogP contribution < -0.4 is 5.32 Å². The van der Waals surface area contributed by atoms with E-state index >= 15 is 0 Å². The van der Waals surface area contributed by atoms with E-state index < -0.39 is 0 Å². The van der Waals surface area contributed by atoms with E-state index in [1.807, 2.05) is 16.8 Å². The Morgan fingerprint density at radius 2 is 2.31 bits per heavy atom. The SMILES string of the molecule is COC(=O)C(NC1CCCC1)c1ccsc1. The topological polar surface area (TPSA) is 38.3 Å². The summed E-state index contributed by atoms with van der Waals surface area (Å²) in [6, 6.07) is 2.15. The van der Waals surface area contributed by atoms with Crippen LogP contribution in [0.5, 0.6) is 0 Å². The normalized spacial score (nSPS) is 18.6. The molecule has 1 aliphatic carbocycles. The van der Waals surface area contributed by atoms with Crippen LogP contribution in [-0.4, -0.2) is 19.1 Å². The highest BCUT2D eigenvalue weighted by molar-refractivity contribution is 7.08. The molecule has 0 bridgehead atoms. The Morgan fingerprint density at radius 1 is 1.56 bits per heavy atom. The van der Waals surface area contributed by atoms with Gasteiger partial charge in [-0.3, -0.25) is 5.32 Å². The van der Waals surface area contributed by atoms with Crippen LogP contribution in [0.25, 0.3) is 0 Å². The van der Waals surface area contributed by atoms with E-state index in [0.717, 1.165) is 18.4 Å². The number of methoxy groups -OCH3 is 1. The number of nitrogens with one attached hydrogen (secondary N) is 1. The average molecular weight is 239 g/mol. The summed E-state index contributed by atoms with van der Waals surface area (Å²) in [5, 5.41) is 7.39. The predicted octanol–water partition coefficient (Wildman–Crippen LogP) is 2.49. The molecule has 1 unspecified atom stereocenters. The molecule has 4 heteroatoms. The Balaban J connectivity index is 2.05. The largest absolute Gasteiger partial charge is 0.468 e. The van der Waals surface area contributed by atoms with Gasteiger partial charge in [-0.2, -0.15) is 11.3 Å². The first-order valence-electron chi connectivity index (χ1n) is 5.67. The van der Waals surface area contributed by atoms with Gasteiger partial charge in [0.15, 0.2) is 0 Å². The maximum absolute atomic E-state index is 11.7. The highest BCUT2D eigenvalue weighted by atomic mass is 32.1. The number of esters is 1. The summed E-state index contributed by atoms with van der Waals surface area (Å²) in [6.45, 7) is 0. The first-order valence-corrected chi connectivity index (χ1v) is 6.61. The van der Waals surface area contributed by atoms with Crippen LogP contribution >= 0.6 is 11.3 Å². The molecule has 1 heterocycles. The summed E-state index contributed by atoms with van der Waals surface area (Å²) in [4.78, 5) is 11.7. The Morgan fingerprint density at radius 3 is 2.88 bits per heavy atom. The lowest BCUT2D eigenvalue weighted by atomic mass is 10.1. The van der Waals surface area contributed by atoms with Crippen LogP contribution in [-0.2, 0) is 9.53 Å². The van der Waals surface area contributed by atoms with Crippen molar-refractivity contribution < 1.29 is 9.53 Å². The van der Waals surface area contributed by atoms with Gasteiger partial charge in [0, 0.05) is 6.04 Å². The Kier molecular flexibility index (Phi) is 3.96. The van der Waals surface area contributed by atoms with Crippen molar-refractivity contribution >= 4 is 17.3 Å². The summed E-state index contributed by atoms with van der Waals surface area (Å²) in [5.74, 6) is -0.190. The van der Waals surface area contributed by atoms with E-state index in [2.05, 4.69) is 5.32 Å². The summed E-state index contributed by atoms with van der Waals surface area (Å²) >= 11 is 1.61. The minimum Gasteiger partial charge on any atom is -0.468 e. The van der Waals surface area contributed by atoms with E-state index in [1.165, 1.54) is 20.0 Å². The fraction of sp³-hybridized carbons (Fsp3) is 0.583. The minimum absolute atomic E-state index is 0.190. The quantitative estimate of drug-likeness (QED) is 0.820. The number of carbonyl (C=O) groups excluding carboxylic acids is 1. The van der Waals surface area contributed by atoms with Crippen LogP contribution in [0.1, 0.15) is 37.3 Å². The first-order chi connectivity index (χ1) is 7.81. The van der Waals surface area contributed by atoms with Gasteiger partial charge in [0.2, 0.25) is 0 Å². The van der Waals surface area contributed by atoms with E-state index in [1.54, 1.807) is 11.3 Å². The minimum atomic E-state index is -0.292. The molecule has 1 fully saturated rings. The molecule has 16 heavy (non-hydrogen) atoms. The fourth-order valence-corrected chi connectivity index (χ4v) is 2.87. The average Bonchev–Trinajstić information content (AvgIpc) is 2.97. The molecule has 0 aromatic carbocycles. The second kappa shape index (κ2) is 5.46. The molecule has 1 aliphatic rings. The molecule has 0 spiro atoms. The van der Waals surface area contributed by atoms with Crippen LogP contribution in [0.2, 0.25) is 0 Å². The zero-order valence-electron chi connectivity index (χ0n) is 9.44. The highest BCUT2D eigenvalue weighted by Crippen LogP contribution is 2.24. The fourth-order valence-electron chi connectivity index (χ4n) is 2.19. The zero-order chi connectivity index (χ0) is 11.4. The van der Waals surface area contributed by atoms with Crippen LogP contribution in [0.4, 0.5) is 0 Å². The molecule has 1 atom stereocenters. The van der Waals surface area contributed by atoms with Crippen molar-refractivity contribution in [3.63, 3.8) is 0 Å². The molecule has 1 aromatic rings. The van der Waals surface area contributed by atoms with E-state index in [0.29, 0.717) is 6.04 Å². The molecule has 1 saturated carbocycles. The van der Waals surface area contributed by atoms with Gasteiger partial charge in [0.05, 0.1) is 7.11 Å². The van der Waals surface area contributed by atoms with Gasteiger partial charge < -0.3 is 4.74 Å². The second-order valence-electron chi connectivity index (χ2n) is 4.16. The Bertz CT molecular complexity index is 331. The third-order valence-corrected chi connectivity index (χ3v) is 3.77. The van der Waals surface area contributed by atoms with Gasteiger partial charge in [0.25, 0.3) is 0 Å². The van der Waals surface area contributed by atoms with Crippen molar-refractivity contribution in [3.05, 3.63) is 22.4 Å². The van der Waals surface area contributed by atoms with Crippen LogP contribution in [0, 0.1) is 0 Å². The molecule has 0 amide bonds. The molecule has 3 nitrogen and oxygen atoms in total. The van der Waals surface area contributed by atoms with Gasteiger partial charge in [-0.05, 0) is 35.2 Å². The monoisotopic (exact) mass is 239 g/mol. The van der Waals surface area contributed by atoms with Gasteiger partial charge in [-0.1, -0.05) is 12.8 Å².